The smallest absolute Gasteiger partial charge is 0.243 e. The molecule has 1 aliphatic rings. The number of sulfonamides is 1. The summed E-state index contributed by atoms with van der Waals surface area (Å²) < 4.78 is 32.0. The summed E-state index contributed by atoms with van der Waals surface area (Å²) in [4.78, 5) is 0.345. The van der Waals surface area contributed by atoms with E-state index in [1.54, 1.807) is 29.6 Å². The zero-order chi connectivity index (χ0) is 14.8. The van der Waals surface area contributed by atoms with Gasteiger partial charge in [-0.05, 0) is 37.6 Å². The molecule has 112 valence electrons. The summed E-state index contributed by atoms with van der Waals surface area (Å²) in [5.74, 6) is 1.13. The van der Waals surface area contributed by atoms with Crippen LogP contribution in [0.3, 0.4) is 0 Å². The summed E-state index contributed by atoms with van der Waals surface area (Å²) in [6.45, 7) is 3.87. The number of hydrogen-bond donors (Lipinski definition) is 1. The second-order valence-corrected chi connectivity index (χ2v) is 7.20. The molecule has 1 N–H and O–H groups in total. The lowest BCUT2D eigenvalue weighted by molar-refractivity contribution is 0.407. The van der Waals surface area contributed by atoms with Gasteiger partial charge in [-0.2, -0.15) is 4.31 Å². The molecule has 6 heteroatoms. The minimum atomic E-state index is -3.39. The van der Waals surface area contributed by atoms with Gasteiger partial charge in [-0.1, -0.05) is 6.92 Å². The fourth-order valence-corrected chi connectivity index (χ4v) is 4.13. The molecule has 1 atom stereocenters. The molecular weight excluding hydrogens is 276 g/mol. The Morgan fingerprint density at radius 2 is 2.20 bits per heavy atom. The summed E-state index contributed by atoms with van der Waals surface area (Å²) in [6, 6.07) is 5.04. The van der Waals surface area contributed by atoms with Crippen LogP contribution in [0.5, 0.6) is 5.75 Å². The third kappa shape index (κ3) is 2.97. The summed E-state index contributed by atoms with van der Waals surface area (Å²) in [5.41, 5.74) is 0.850. The van der Waals surface area contributed by atoms with Crippen molar-refractivity contribution in [3.05, 3.63) is 23.8 Å². The average Bonchev–Trinajstić information content (AvgIpc) is 2.86. The summed E-state index contributed by atoms with van der Waals surface area (Å²) in [5, 5.41) is 3.03. The van der Waals surface area contributed by atoms with E-state index in [1.165, 1.54) is 0 Å². The number of rotatable bonds is 5. The first kappa shape index (κ1) is 15.3. The lowest BCUT2D eigenvalue weighted by atomic mass is 10.2. The second-order valence-electron chi connectivity index (χ2n) is 5.26. The maximum Gasteiger partial charge on any atom is 0.243 e. The molecular formula is C14H22N2O3S. The zero-order valence-corrected chi connectivity index (χ0v) is 13.0. The van der Waals surface area contributed by atoms with Gasteiger partial charge in [0, 0.05) is 25.2 Å². The van der Waals surface area contributed by atoms with Gasteiger partial charge in [0.05, 0.1) is 12.0 Å². The lowest BCUT2D eigenvalue weighted by Crippen LogP contribution is -2.28. The summed E-state index contributed by atoms with van der Waals surface area (Å²) >= 11 is 0. The SMILES string of the molecule is CNCc1cc(S(=O)(=O)N2CCC(C)C2)ccc1OC. The van der Waals surface area contributed by atoms with Gasteiger partial charge in [-0.3, -0.25) is 0 Å². The highest BCUT2D eigenvalue weighted by Gasteiger charge is 2.30. The molecule has 0 spiro atoms. The molecule has 0 radical (unpaired) electrons. The van der Waals surface area contributed by atoms with Gasteiger partial charge in [0.15, 0.2) is 0 Å². The van der Waals surface area contributed by atoms with Crippen molar-refractivity contribution in [2.75, 3.05) is 27.2 Å². The van der Waals surface area contributed by atoms with E-state index in [1.807, 2.05) is 7.05 Å². The van der Waals surface area contributed by atoms with Crippen molar-refractivity contribution in [3.63, 3.8) is 0 Å². The highest BCUT2D eigenvalue weighted by Crippen LogP contribution is 2.27. The predicted molar refractivity (Wildman–Crippen MR) is 78.3 cm³/mol. The predicted octanol–water partition coefficient (Wildman–Crippen LogP) is 1.45. The molecule has 0 bridgehead atoms. The molecule has 1 aromatic carbocycles. The Balaban J connectivity index is 2.34. The zero-order valence-electron chi connectivity index (χ0n) is 12.2. The van der Waals surface area contributed by atoms with Crippen LogP contribution in [0, 0.1) is 5.92 Å². The molecule has 1 saturated heterocycles. The quantitative estimate of drug-likeness (QED) is 0.894. The lowest BCUT2D eigenvalue weighted by Gasteiger charge is -2.17. The topological polar surface area (TPSA) is 58.6 Å². The van der Waals surface area contributed by atoms with Crippen LogP contribution in [0.2, 0.25) is 0 Å². The Morgan fingerprint density at radius 1 is 1.45 bits per heavy atom. The Hall–Kier alpha value is -1.11. The third-order valence-corrected chi connectivity index (χ3v) is 5.50. The van der Waals surface area contributed by atoms with E-state index in [4.69, 9.17) is 4.74 Å². The van der Waals surface area contributed by atoms with Gasteiger partial charge in [0.2, 0.25) is 10.0 Å². The maximum atomic E-state index is 12.6. The van der Waals surface area contributed by atoms with Crippen LogP contribution in [-0.2, 0) is 16.6 Å². The molecule has 5 nitrogen and oxygen atoms in total. The van der Waals surface area contributed by atoms with E-state index in [9.17, 15) is 8.42 Å². The third-order valence-electron chi connectivity index (χ3n) is 3.64. The fraction of sp³-hybridized carbons (Fsp3) is 0.571. The molecule has 1 heterocycles. The highest BCUT2D eigenvalue weighted by molar-refractivity contribution is 7.89. The van der Waals surface area contributed by atoms with Crippen LogP contribution < -0.4 is 10.1 Å². The Labute approximate surface area is 121 Å². The van der Waals surface area contributed by atoms with Crippen molar-refractivity contribution in [2.24, 2.45) is 5.92 Å². The number of nitrogens with zero attached hydrogens (tertiary/aromatic N) is 1. The van der Waals surface area contributed by atoms with Crippen molar-refractivity contribution >= 4 is 10.0 Å². The van der Waals surface area contributed by atoms with Crippen LogP contribution >= 0.6 is 0 Å². The Bertz CT molecular complexity index is 572. The van der Waals surface area contributed by atoms with E-state index >= 15 is 0 Å². The number of hydrogen-bond acceptors (Lipinski definition) is 4. The number of methoxy groups -OCH3 is 1. The van der Waals surface area contributed by atoms with Gasteiger partial charge in [0.25, 0.3) is 0 Å². The van der Waals surface area contributed by atoms with E-state index in [0.717, 1.165) is 12.0 Å². The van der Waals surface area contributed by atoms with Gasteiger partial charge in [-0.15, -0.1) is 0 Å². The number of ether oxygens (including phenoxy) is 1. The van der Waals surface area contributed by atoms with Crippen LogP contribution in [-0.4, -0.2) is 40.0 Å². The van der Waals surface area contributed by atoms with Gasteiger partial charge < -0.3 is 10.1 Å². The van der Waals surface area contributed by atoms with Gasteiger partial charge in [0.1, 0.15) is 5.75 Å². The van der Waals surface area contributed by atoms with Crippen LogP contribution in [0.15, 0.2) is 23.1 Å². The minimum absolute atomic E-state index is 0.345. The second kappa shape index (κ2) is 6.11. The Morgan fingerprint density at radius 3 is 2.75 bits per heavy atom. The average molecular weight is 298 g/mol. The van der Waals surface area contributed by atoms with E-state index in [0.29, 0.717) is 36.2 Å². The molecule has 20 heavy (non-hydrogen) atoms. The van der Waals surface area contributed by atoms with Crippen molar-refractivity contribution in [1.82, 2.24) is 9.62 Å². The van der Waals surface area contributed by atoms with Crippen molar-refractivity contribution < 1.29 is 13.2 Å². The van der Waals surface area contributed by atoms with E-state index in [-0.39, 0.29) is 0 Å². The number of benzene rings is 1. The number of nitrogens with one attached hydrogen (secondary N) is 1. The van der Waals surface area contributed by atoms with Crippen molar-refractivity contribution in [3.8, 4) is 5.75 Å². The van der Waals surface area contributed by atoms with Crippen LogP contribution in [0.4, 0.5) is 0 Å². The molecule has 0 saturated carbocycles. The molecule has 0 aliphatic carbocycles. The van der Waals surface area contributed by atoms with Crippen LogP contribution in [0.25, 0.3) is 0 Å². The van der Waals surface area contributed by atoms with E-state index in [2.05, 4.69) is 12.2 Å². The molecule has 1 unspecified atom stereocenters. The first-order valence-corrected chi connectivity index (χ1v) is 8.24. The summed E-state index contributed by atoms with van der Waals surface area (Å²) in [7, 11) is 0.0229. The normalized spacial score (nSPS) is 20.2. The first-order valence-electron chi connectivity index (χ1n) is 6.80. The Kier molecular flexibility index (Phi) is 4.67. The summed E-state index contributed by atoms with van der Waals surface area (Å²) in [6.07, 6.45) is 0.929. The standard InChI is InChI=1S/C14H22N2O3S/c1-11-6-7-16(10-11)20(17,18)13-4-5-14(19-3)12(8-13)9-15-2/h4-5,8,11,15H,6-7,9-10H2,1-3H3. The highest BCUT2D eigenvalue weighted by atomic mass is 32.2. The monoisotopic (exact) mass is 298 g/mol. The van der Waals surface area contributed by atoms with E-state index < -0.39 is 10.0 Å². The first-order chi connectivity index (χ1) is 9.48. The molecule has 1 aromatic rings. The largest absolute Gasteiger partial charge is 0.496 e. The molecule has 2 rings (SSSR count). The van der Waals surface area contributed by atoms with Gasteiger partial charge in [-0.25, -0.2) is 8.42 Å². The molecule has 0 aromatic heterocycles. The maximum absolute atomic E-state index is 12.6. The molecule has 1 aliphatic heterocycles. The minimum Gasteiger partial charge on any atom is -0.496 e. The van der Waals surface area contributed by atoms with Crippen molar-refractivity contribution in [2.45, 2.75) is 24.8 Å². The van der Waals surface area contributed by atoms with Gasteiger partial charge >= 0.3 is 0 Å². The molecule has 0 amide bonds. The van der Waals surface area contributed by atoms with Crippen LogP contribution in [0.1, 0.15) is 18.9 Å². The molecule has 1 fully saturated rings. The van der Waals surface area contributed by atoms with Crippen molar-refractivity contribution in [1.29, 1.82) is 0 Å². The fourth-order valence-electron chi connectivity index (χ4n) is 2.51.